The van der Waals surface area contributed by atoms with Gasteiger partial charge in [0.1, 0.15) is 0 Å². The first-order chi connectivity index (χ1) is 8.63. The second kappa shape index (κ2) is 8.48. The highest BCUT2D eigenvalue weighted by molar-refractivity contribution is 5.66. The molecule has 0 bridgehead atoms. The Morgan fingerprint density at radius 2 is 1.89 bits per heavy atom. The normalized spacial score (nSPS) is 19.9. The summed E-state index contributed by atoms with van der Waals surface area (Å²) in [5.41, 5.74) is 0. The summed E-state index contributed by atoms with van der Waals surface area (Å²) >= 11 is 0. The van der Waals surface area contributed by atoms with Crippen LogP contribution < -0.4 is 0 Å². The van der Waals surface area contributed by atoms with Crippen molar-refractivity contribution < 1.29 is 9.90 Å². The van der Waals surface area contributed by atoms with Gasteiger partial charge in [-0.05, 0) is 13.3 Å². The van der Waals surface area contributed by atoms with Crippen LogP contribution in [0.25, 0.3) is 0 Å². The van der Waals surface area contributed by atoms with Gasteiger partial charge in [-0.25, -0.2) is 0 Å². The number of hydrogen-bond acceptors (Lipinski definition) is 3. The summed E-state index contributed by atoms with van der Waals surface area (Å²) in [6, 6.07) is 0.679. The number of rotatable bonds is 8. The molecule has 0 amide bonds. The van der Waals surface area contributed by atoms with Gasteiger partial charge in [-0.15, -0.1) is 0 Å². The van der Waals surface area contributed by atoms with E-state index in [0.717, 1.165) is 26.2 Å². The molecule has 4 nitrogen and oxygen atoms in total. The summed E-state index contributed by atoms with van der Waals surface area (Å²) in [6.07, 6.45) is 5.52. The van der Waals surface area contributed by atoms with Crippen molar-refractivity contribution in [3.8, 4) is 0 Å². The van der Waals surface area contributed by atoms with Crippen molar-refractivity contribution in [2.45, 2.75) is 52.0 Å². The van der Waals surface area contributed by atoms with Crippen molar-refractivity contribution in [1.82, 2.24) is 9.80 Å². The maximum atomic E-state index is 10.5. The Kier molecular flexibility index (Phi) is 7.28. The molecule has 0 aliphatic carbocycles. The SMILES string of the molecule is CCCCCC(C)N1CCN(CCC(=O)O)CC1. The van der Waals surface area contributed by atoms with E-state index in [1.54, 1.807) is 0 Å². The molecule has 18 heavy (non-hydrogen) atoms. The zero-order chi connectivity index (χ0) is 13.4. The van der Waals surface area contributed by atoms with Crippen molar-refractivity contribution in [2.24, 2.45) is 0 Å². The lowest BCUT2D eigenvalue weighted by Gasteiger charge is -2.38. The fourth-order valence-electron chi connectivity index (χ4n) is 2.55. The first-order valence-electron chi connectivity index (χ1n) is 7.31. The van der Waals surface area contributed by atoms with E-state index in [-0.39, 0.29) is 6.42 Å². The quantitative estimate of drug-likeness (QED) is 0.675. The Hall–Kier alpha value is -0.610. The van der Waals surface area contributed by atoms with Gasteiger partial charge in [-0.3, -0.25) is 9.69 Å². The molecular weight excluding hydrogens is 228 g/mol. The van der Waals surface area contributed by atoms with Gasteiger partial charge >= 0.3 is 5.97 Å². The van der Waals surface area contributed by atoms with Gasteiger partial charge in [-0.2, -0.15) is 0 Å². The highest BCUT2D eigenvalue weighted by Crippen LogP contribution is 2.12. The fourth-order valence-corrected chi connectivity index (χ4v) is 2.55. The number of carboxylic acid groups (broad SMARTS) is 1. The smallest absolute Gasteiger partial charge is 0.304 e. The van der Waals surface area contributed by atoms with Crippen LogP contribution in [-0.2, 0) is 4.79 Å². The van der Waals surface area contributed by atoms with Crippen LogP contribution in [0, 0.1) is 0 Å². The molecule has 1 heterocycles. The maximum absolute atomic E-state index is 10.5. The highest BCUT2D eigenvalue weighted by atomic mass is 16.4. The van der Waals surface area contributed by atoms with Crippen molar-refractivity contribution in [2.75, 3.05) is 32.7 Å². The minimum Gasteiger partial charge on any atom is -0.481 e. The Morgan fingerprint density at radius 1 is 1.22 bits per heavy atom. The summed E-state index contributed by atoms with van der Waals surface area (Å²) in [5, 5.41) is 8.67. The second-order valence-electron chi connectivity index (χ2n) is 5.37. The number of carboxylic acids is 1. The first kappa shape index (κ1) is 15.4. The second-order valence-corrected chi connectivity index (χ2v) is 5.37. The summed E-state index contributed by atoms with van der Waals surface area (Å²) in [5.74, 6) is -0.689. The minimum absolute atomic E-state index is 0.270. The Labute approximate surface area is 111 Å². The van der Waals surface area contributed by atoms with Crippen LogP contribution in [0.15, 0.2) is 0 Å². The van der Waals surface area contributed by atoms with Crippen molar-refractivity contribution in [1.29, 1.82) is 0 Å². The van der Waals surface area contributed by atoms with Gasteiger partial charge in [0.2, 0.25) is 0 Å². The molecule has 1 aliphatic heterocycles. The van der Waals surface area contributed by atoms with Crippen LogP contribution >= 0.6 is 0 Å². The zero-order valence-electron chi connectivity index (χ0n) is 11.9. The van der Waals surface area contributed by atoms with Gasteiger partial charge in [0.05, 0.1) is 6.42 Å². The summed E-state index contributed by atoms with van der Waals surface area (Å²) in [7, 11) is 0. The van der Waals surface area contributed by atoms with Crippen molar-refractivity contribution in [3.05, 3.63) is 0 Å². The lowest BCUT2D eigenvalue weighted by molar-refractivity contribution is -0.137. The van der Waals surface area contributed by atoms with Crippen LogP contribution in [0.3, 0.4) is 0 Å². The van der Waals surface area contributed by atoms with Gasteiger partial charge in [0, 0.05) is 38.8 Å². The average molecular weight is 256 g/mol. The minimum atomic E-state index is -0.689. The Bertz CT molecular complexity index is 238. The number of carbonyl (C=O) groups is 1. The highest BCUT2D eigenvalue weighted by Gasteiger charge is 2.20. The molecule has 0 saturated carbocycles. The van der Waals surface area contributed by atoms with E-state index in [1.807, 2.05) is 0 Å². The zero-order valence-corrected chi connectivity index (χ0v) is 11.9. The Morgan fingerprint density at radius 3 is 2.44 bits per heavy atom. The number of hydrogen-bond donors (Lipinski definition) is 1. The number of unbranched alkanes of at least 4 members (excludes halogenated alkanes) is 2. The molecule has 1 aliphatic rings. The molecule has 1 atom stereocenters. The number of aliphatic carboxylic acids is 1. The maximum Gasteiger partial charge on any atom is 0.304 e. The Balaban J connectivity index is 2.15. The molecule has 1 fully saturated rings. The van der Waals surface area contributed by atoms with E-state index in [0.29, 0.717) is 12.6 Å². The van der Waals surface area contributed by atoms with E-state index in [2.05, 4.69) is 23.6 Å². The molecule has 0 spiro atoms. The average Bonchev–Trinajstić information content (AvgIpc) is 2.37. The van der Waals surface area contributed by atoms with E-state index < -0.39 is 5.97 Å². The summed E-state index contributed by atoms with van der Waals surface area (Å²) in [4.78, 5) is 15.3. The van der Waals surface area contributed by atoms with Crippen LogP contribution in [0.4, 0.5) is 0 Å². The fraction of sp³-hybridized carbons (Fsp3) is 0.929. The molecule has 1 unspecified atom stereocenters. The topological polar surface area (TPSA) is 43.8 Å². The van der Waals surface area contributed by atoms with Gasteiger partial charge < -0.3 is 10.0 Å². The molecule has 1 rings (SSSR count). The lowest BCUT2D eigenvalue weighted by atomic mass is 10.1. The molecule has 0 radical (unpaired) electrons. The molecule has 106 valence electrons. The summed E-state index contributed by atoms with van der Waals surface area (Å²) < 4.78 is 0. The standard InChI is InChI=1S/C14H28N2O2/c1-3-4-5-6-13(2)16-11-9-15(10-12-16)8-7-14(17)18/h13H,3-12H2,1-2H3,(H,17,18). The van der Waals surface area contributed by atoms with Crippen LogP contribution in [0.5, 0.6) is 0 Å². The van der Waals surface area contributed by atoms with E-state index in [4.69, 9.17) is 5.11 Å². The molecular formula is C14H28N2O2. The van der Waals surface area contributed by atoms with Gasteiger partial charge in [0.15, 0.2) is 0 Å². The van der Waals surface area contributed by atoms with Crippen LogP contribution in [0.1, 0.15) is 46.0 Å². The van der Waals surface area contributed by atoms with Crippen LogP contribution in [-0.4, -0.2) is 59.6 Å². The molecule has 1 saturated heterocycles. The molecule has 1 N–H and O–H groups in total. The molecule has 0 aromatic heterocycles. The predicted octanol–water partition coefficient (Wildman–Crippen LogP) is 2.05. The molecule has 0 aromatic rings. The van der Waals surface area contributed by atoms with Gasteiger partial charge in [-0.1, -0.05) is 26.2 Å². The molecule has 4 heteroatoms. The van der Waals surface area contributed by atoms with Crippen LogP contribution in [0.2, 0.25) is 0 Å². The predicted molar refractivity (Wildman–Crippen MR) is 73.9 cm³/mol. The third-order valence-electron chi connectivity index (χ3n) is 3.90. The number of nitrogens with zero attached hydrogens (tertiary/aromatic N) is 2. The first-order valence-corrected chi connectivity index (χ1v) is 7.31. The lowest BCUT2D eigenvalue weighted by Crippen LogP contribution is -2.49. The van der Waals surface area contributed by atoms with E-state index in [1.165, 1.54) is 25.7 Å². The number of piperazine rings is 1. The van der Waals surface area contributed by atoms with E-state index in [9.17, 15) is 4.79 Å². The third-order valence-corrected chi connectivity index (χ3v) is 3.90. The van der Waals surface area contributed by atoms with Crippen molar-refractivity contribution in [3.63, 3.8) is 0 Å². The third kappa shape index (κ3) is 5.83. The van der Waals surface area contributed by atoms with E-state index >= 15 is 0 Å². The monoisotopic (exact) mass is 256 g/mol. The molecule has 0 aromatic carbocycles. The van der Waals surface area contributed by atoms with Gasteiger partial charge in [0.25, 0.3) is 0 Å². The largest absolute Gasteiger partial charge is 0.481 e. The summed E-state index contributed by atoms with van der Waals surface area (Å²) in [6.45, 7) is 9.48. The van der Waals surface area contributed by atoms with Crippen molar-refractivity contribution >= 4 is 5.97 Å².